The second-order valence-electron chi connectivity index (χ2n) is 5.19. The molecule has 1 amide bonds. The predicted molar refractivity (Wildman–Crippen MR) is 75.6 cm³/mol. The van der Waals surface area contributed by atoms with Gasteiger partial charge in [0, 0.05) is 23.6 Å². The van der Waals surface area contributed by atoms with Crippen LogP contribution in [-0.2, 0) is 4.74 Å². The number of amides is 1. The van der Waals surface area contributed by atoms with E-state index < -0.39 is 0 Å². The third-order valence-electron chi connectivity index (χ3n) is 3.79. The molecule has 2 atom stereocenters. The van der Waals surface area contributed by atoms with Gasteiger partial charge in [-0.25, -0.2) is 0 Å². The van der Waals surface area contributed by atoms with Crippen LogP contribution in [0, 0.1) is 0 Å². The highest BCUT2D eigenvalue weighted by molar-refractivity contribution is 6.06. The lowest BCUT2D eigenvalue weighted by Crippen LogP contribution is -2.52. The molecule has 1 aliphatic rings. The van der Waals surface area contributed by atoms with E-state index in [1.807, 2.05) is 31.2 Å². The Balaban J connectivity index is 1.91. The molecule has 0 bridgehead atoms. The predicted octanol–water partition coefficient (Wildman–Crippen LogP) is 1.39. The van der Waals surface area contributed by atoms with Gasteiger partial charge in [-0.05, 0) is 13.0 Å². The first kappa shape index (κ1) is 13.1. The van der Waals surface area contributed by atoms with Crippen LogP contribution in [0.5, 0.6) is 0 Å². The summed E-state index contributed by atoms with van der Waals surface area (Å²) in [4.78, 5) is 17.6. The van der Waals surface area contributed by atoms with Crippen LogP contribution in [-0.4, -0.2) is 52.8 Å². The maximum absolute atomic E-state index is 12.7. The number of benzene rings is 1. The minimum atomic E-state index is -0.291. The number of fused-ring (bicyclic) bond motifs is 1. The maximum atomic E-state index is 12.7. The number of carbonyl (C=O) groups excluding carboxylic acids is 1. The number of nitrogens with one attached hydrogen (secondary N) is 1. The van der Waals surface area contributed by atoms with Crippen molar-refractivity contribution >= 4 is 16.8 Å². The highest BCUT2D eigenvalue weighted by Crippen LogP contribution is 2.22. The van der Waals surface area contributed by atoms with Gasteiger partial charge in [0.05, 0.1) is 30.9 Å². The fourth-order valence-electron chi connectivity index (χ4n) is 2.61. The smallest absolute Gasteiger partial charge is 0.256 e. The van der Waals surface area contributed by atoms with Crippen molar-refractivity contribution in [3.05, 3.63) is 36.0 Å². The third kappa shape index (κ3) is 2.19. The highest BCUT2D eigenvalue weighted by atomic mass is 16.5. The Hall–Kier alpha value is -1.85. The molecule has 106 valence electrons. The van der Waals surface area contributed by atoms with Crippen LogP contribution >= 0.6 is 0 Å². The number of hydrogen-bond donors (Lipinski definition) is 2. The molecule has 1 aliphatic heterocycles. The standard InChI is InChI=1S/C15H18N2O3/c1-10-9-20-11(8-18)7-17(10)15(19)13-6-16-14-5-3-2-4-12(13)14/h2-6,10-11,16,18H,7-9H2,1H3. The quantitative estimate of drug-likeness (QED) is 0.869. The van der Waals surface area contributed by atoms with Gasteiger partial charge >= 0.3 is 0 Å². The van der Waals surface area contributed by atoms with E-state index in [4.69, 9.17) is 4.74 Å². The van der Waals surface area contributed by atoms with Crippen LogP contribution in [0.15, 0.2) is 30.5 Å². The zero-order valence-electron chi connectivity index (χ0n) is 11.4. The fraction of sp³-hybridized carbons (Fsp3) is 0.400. The molecule has 5 heteroatoms. The third-order valence-corrected chi connectivity index (χ3v) is 3.79. The van der Waals surface area contributed by atoms with Crippen molar-refractivity contribution in [2.24, 2.45) is 0 Å². The van der Waals surface area contributed by atoms with Gasteiger partial charge < -0.3 is 19.7 Å². The summed E-state index contributed by atoms with van der Waals surface area (Å²) in [6.07, 6.45) is 1.46. The normalized spacial score (nSPS) is 23.2. The summed E-state index contributed by atoms with van der Waals surface area (Å²) in [5.74, 6) is -0.0169. The van der Waals surface area contributed by atoms with Crippen molar-refractivity contribution in [2.75, 3.05) is 19.8 Å². The van der Waals surface area contributed by atoms with E-state index in [9.17, 15) is 9.90 Å². The van der Waals surface area contributed by atoms with E-state index >= 15 is 0 Å². The molecule has 3 rings (SSSR count). The first-order valence-electron chi connectivity index (χ1n) is 6.80. The number of aromatic amines is 1. The molecule has 2 unspecified atom stereocenters. The number of aliphatic hydroxyl groups is 1. The summed E-state index contributed by atoms with van der Waals surface area (Å²) in [6.45, 7) is 2.78. The van der Waals surface area contributed by atoms with Crippen molar-refractivity contribution in [3.63, 3.8) is 0 Å². The van der Waals surface area contributed by atoms with Crippen LogP contribution in [0.4, 0.5) is 0 Å². The van der Waals surface area contributed by atoms with E-state index in [0.717, 1.165) is 10.9 Å². The number of H-pyrrole nitrogens is 1. The average Bonchev–Trinajstić information content (AvgIpc) is 2.91. The second kappa shape index (κ2) is 5.26. The number of aliphatic hydroxyl groups excluding tert-OH is 1. The van der Waals surface area contributed by atoms with E-state index in [1.54, 1.807) is 11.1 Å². The maximum Gasteiger partial charge on any atom is 0.256 e. The largest absolute Gasteiger partial charge is 0.394 e. The number of ether oxygens (including phenoxy) is 1. The van der Waals surface area contributed by atoms with Crippen LogP contribution < -0.4 is 0 Å². The Morgan fingerprint density at radius 1 is 1.50 bits per heavy atom. The van der Waals surface area contributed by atoms with E-state index in [2.05, 4.69) is 4.98 Å². The number of para-hydroxylation sites is 1. The SMILES string of the molecule is CC1COC(CO)CN1C(=O)c1c[nH]c2ccccc12. The molecular formula is C15H18N2O3. The lowest BCUT2D eigenvalue weighted by atomic mass is 10.1. The molecule has 2 N–H and O–H groups in total. The Morgan fingerprint density at radius 2 is 2.30 bits per heavy atom. The zero-order chi connectivity index (χ0) is 14.1. The van der Waals surface area contributed by atoms with Crippen LogP contribution in [0.1, 0.15) is 17.3 Å². The Kier molecular flexibility index (Phi) is 3.46. The van der Waals surface area contributed by atoms with Gasteiger partial charge in [0.25, 0.3) is 5.91 Å². The lowest BCUT2D eigenvalue weighted by Gasteiger charge is -2.37. The zero-order valence-corrected chi connectivity index (χ0v) is 11.4. The summed E-state index contributed by atoms with van der Waals surface area (Å²) in [6, 6.07) is 7.76. The van der Waals surface area contributed by atoms with E-state index in [0.29, 0.717) is 18.7 Å². The molecule has 1 saturated heterocycles. The Labute approximate surface area is 117 Å². The number of carbonyl (C=O) groups is 1. The van der Waals surface area contributed by atoms with E-state index in [1.165, 1.54) is 0 Å². The van der Waals surface area contributed by atoms with Gasteiger partial charge in [0.1, 0.15) is 0 Å². The molecule has 0 radical (unpaired) electrons. The number of morpholine rings is 1. The van der Waals surface area contributed by atoms with Crippen molar-refractivity contribution < 1.29 is 14.6 Å². The van der Waals surface area contributed by atoms with Crippen molar-refractivity contribution in [1.29, 1.82) is 0 Å². The first-order chi connectivity index (χ1) is 9.70. The molecule has 0 spiro atoms. The minimum Gasteiger partial charge on any atom is -0.394 e. The van der Waals surface area contributed by atoms with Gasteiger partial charge in [-0.2, -0.15) is 0 Å². The summed E-state index contributed by atoms with van der Waals surface area (Å²) < 4.78 is 5.47. The van der Waals surface area contributed by atoms with Crippen LogP contribution in [0.2, 0.25) is 0 Å². The van der Waals surface area contributed by atoms with Crippen molar-refractivity contribution in [3.8, 4) is 0 Å². The molecule has 1 fully saturated rings. The molecular weight excluding hydrogens is 256 g/mol. The summed E-state index contributed by atoms with van der Waals surface area (Å²) in [5, 5.41) is 10.1. The molecule has 1 aromatic carbocycles. The second-order valence-corrected chi connectivity index (χ2v) is 5.19. The number of aromatic nitrogens is 1. The average molecular weight is 274 g/mol. The highest BCUT2D eigenvalue weighted by Gasteiger charge is 2.30. The Bertz CT molecular complexity index is 622. The molecule has 20 heavy (non-hydrogen) atoms. The van der Waals surface area contributed by atoms with Gasteiger partial charge in [-0.3, -0.25) is 4.79 Å². The van der Waals surface area contributed by atoms with Crippen molar-refractivity contribution in [1.82, 2.24) is 9.88 Å². The van der Waals surface area contributed by atoms with Gasteiger partial charge in [-0.15, -0.1) is 0 Å². The topological polar surface area (TPSA) is 65.6 Å². The van der Waals surface area contributed by atoms with Gasteiger partial charge in [0.15, 0.2) is 0 Å². The molecule has 2 aromatic rings. The Morgan fingerprint density at radius 3 is 3.10 bits per heavy atom. The van der Waals surface area contributed by atoms with E-state index in [-0.39, 0.29) is 24.7 Å². The van der Waals surface area contributed by atoms with Crippen LogP contribution in [0.3, 0.4) is 0 Å². The number of nitrogens with zero attached hydrogens (tertiary/aromatic N) is 1. The molecule has 0 aliphatic carbocycles. The molecule has 0 saturated carbocycles. The van der Waals surface area contributed by atoms with Gasteiger partial charge in [0.2, 0.25) is 0 Å². The molecule has 2 heterocycles. The lowest BCUT2D eigenvalue weighted by molar-refractivity contribution is -0.0666. The molecule has 1 aromatic heterocycles. The van der Waals surface area contributed by atoms with Crippen LogP contribution in [0.25, 0.3) is 10.9 Å². The monoisotopic (exact) mass is 274 g/mol. The number of hydrogen-bond acceptors (Lipinski definition) is 3. The molecule has 5 nitrogen and oxygen atoms in total. The summed E-state index contributed by atoms with van der Waals surface area (Å²) in [7, 11) is 0. The summed E-state index contributed by atoms with van der Waals surface area (Å²) in [5.41, 5.74) is 1.63. The first-order valence-corrected chi connectivity index (χ1v) is 6.80. The van der Waals surface area contributed by atoms with Gasteiger partial charge in [-0.1, -0.05) is 18.2 Å². The number of rotatable bonds is 2. The minimum absolute atomic E-state index is 0.0129. The summed E-state index contributed by atoms with van der Waals surface area (Å²) >= 11 is 0. The van der Waals surface area contributed by atoms with Crippen molar-refractivity contribution in [2.45, 2.75) is 19.1 Å². The fourth-order valence-corrected chi connectivity index (χ4v) is 2.61.